The van der Waals surface area contributed by atoms with Crippen LogP contribution in [0.3, 0.4) is 0 Å². The summed E-state index contributed by atoms with van der Waals surface area (Å²) < 4.78 is 55.8. The van der Waals surface area contributed by atoms with E-state index in [-0.39, 0.29) is 22.4 Å². The van der Waals surface area contributed by atoms with Gasteiger partial charge in [-0.15, -0.1) is 10.2 Å². The van der Waals surface area contributed by atoms with Gasteiger partial charge >= 0.3 is 6.18 Å². The largest absolute Gasteiger partial charge is 0.420 e. The first-order chi connectivity index (χ1) is 11.9. The first-order valence-electron chi connectivity index (χ1n) is 7.33. The van der Waals surface area contributed by atoms with E-state index in [4.69, 9.17) is 0 Å². The predicted octanol–water partition coefficient (Wildman–Crippen LogP) is 4.41. The number of aromatic nitrogens is 4. The van der Waals surface area contributed by atoms with Gasteiger partial charge in [-0.05, 0) is 36.8 Å². The minimum atomic E-state index is -4.63. The molecule has 8 heteroatoms. The molecule has 0 spiro atoms. The van der Waals surface area contributed by atoms with Gasteiger partial charge in [0.2, 0.25) is 0 Å². The average Bonchev–Trinajstić information content (AvgIpc) is 2.98. The van der Waals surface area contributed by atoms with Crippen molar-refractivity contribution in [2.45, 2.75) is 13.1 Å². The molecule has 0 fully saturated rings. The lowest BCUT2D eigenvalue weighted by atomic mass is 10.1. The van der Waals surface area contributed by atoms with Crippen molar-refractivity contribution < 1.29 is 17.6 Å². The van der Waals surface area contributed by atoms with Gasteiger partial charge in [0, 0.05) is 11.6 Å². The van der Waals surface area contributed by atoms with Crippen molar-refractivity contribution in [1.29, 1.82) is 0 Å². The van der Waals surface area contributed by atoms with Crippen molar-refractivity contribution in [3.8, 4) is 11.4 Å². The second-order valence-electron chi connectivity index (χ2n) is 5.59. The molecule has 4 nitrogen and oxygen atoms in total. The van der Waals surface area contributed by atoms with E-state index in [0.717, 1.165) is 10.5 Å². The Morgan fingerprint density at radius 1 is 1.00 bits per heavy atom. The van der Waals surface area contributed by atoms with Crippen molar-refractivity contribution in [3.05, 3.63) is 59.5 Å². The molecule has 4 rings (SSSR count). The van der Waals surface area contributed by atoms with Crippen LogP contribution in [0.1, 0.15) is 11.1 Å². The molecule has 0 saturated heterocycles. The zero-order valence-corrected chi connectivity index (χ0v) is 12.8. The topological polar surface area (TPSA) is 43.1 Å². The summed E-state index contributed by atoms with van der Waals surface area (Å²) in [7, 11) is 0. The molecule has 3 aromatic heterocycles. The van der Waals surface area contributed by atoms with E-state index >= 15 is 0 Å². The van der Waals surface area contributed by atoms with Crippen LogP contribution in [-0.2, 0) is 6.18 Å². The van der Waals surface area contributed by atoms with E-state index in [1.165, 1.54) is 30.5 Å². The highest BCUT2D eigenvalue weighted by Gasteiger charge is 2.36. The summed E-state index contributed by atoms with van der Waals surface area (Å²) in [5.41, 5.74) is -0.484. The summed E-state index contributed by atoms with van der Waals surface area (Å²) in [5, 5.41) is 7.79. The molecule has 0 amide bonds. The van der Waals surface area contributed by atoms with Crippen molar-refractivity contribution in [2.75, 3.05) is 0 Å². The maximum atomic E-state index is 14.4. The quantitative estimate of drug-likeness (QED) is 0.480. The molecule has 25 heavy (non-hydrogen) atoms. The molecular formula is C17H10F4N4. The van der Waals surface area contributed by atoms with Gasteiger partial charge in [-0.1, -0.05) is 12.1 Å². The van der Waals surface area contributed by atoms with Crippen LogP contribution in [0.4, 0.5) is 17.6 Å². The lowest BCUT2D eigenvalue weighted by molar-refractivity contribution is -0.136. The number of hydrogen-bond donors (Lipinski definition) is 0. The molecule has 0 aliphatic carbocycles. The Hall–Kier alpha value is -3.03. The van der Waals surface area contributed by atoms with Gasteiger partial charge < -0.3 is 0 Å². The Bertz CT molecular complexity index is 1090. The summed E-state index contributed by atoms with van der Waals surface area (Å²) in [6.07, 6.45) is -3.17. The number of aryl methyl sites for hydroxylation is 1. The highest BCUT2D eigenvalue weighted by atomic mass is 19.4. The first-order valence-corrected chi connectivity index (χ1v) is 7.33. The van der Waals surface area contributed by atoms with Crippen molar-refractivity contribution in [3.63, 3.8) is 0 Å². The Morgan fingerprint density at radius 2 is 1.80 bits per heavy atom. The Kier molecular flexibility index (Phi) is 3.24. The third kappa shape index (κ3) is 2.33. The van der Waals surface area contributed by atoms with Gasteiger partial charge in [-0.3, -0.25) is 4.40 Å². The summed E-state index contributed by atoms with van der Waals surface area (Å²) in [4.78, 5) is 4.14. The predicted molar refractivity (Wildman–Crippen MR) is 83.4 cm³/mol. The summed E-state index contributed by atoms with van der Waals surface area (Å²) in [6, 6.07) is 8.43. The Balaban J connectivity index is 2.21. The van der Waals surface area contributed by atoms with Crippen LogP contribution in [-0.4, -0.2) is 19.6 Å². The molecule has 0 aliphatic rings. The van der Waals surface area contributed by atoms with Gasteiger partial charge in [0.15, 0.2) is 11.5 Å². The Morgan fingerprint density at radius 3 is 2.52 bits per heavy atom. The fraction of sp³-hybridized carbons (Fsp3) is 0.118. The van der Waals surface area contributed by atoms with Gasteiger partial charge in [0.25, 0.3) is 0 Å². The van der Waals surface area contributed by atoms with Crippen molar-refractivity contribution in [1.82, 2.24) is 19.6 Å². The molecule has 1 aromatic carbocycles. The molecule has 0 atom stereocenters. The molecule has 3 heterocycles. The third-order valence-corrected chi connectivity index (χ3v) is 3.98. The van der Waals surface area contributed by atoms with E-state index in [0.29, 0.717) is 5.56 Å². The standard InChI is InChI=1S/C17H10F4N4/c1-9-4-2-6-12(18)13(9)16-24-23-15-11(17(19,20)21)8-10-5-3-7-22-14(10)25(15)16/h2-8H,1H3. The van der Waals surface area contributed by atoms with Crippen LogP contribution in [0, 0.1) is 12.7 Å². The summed E-state index contributed by atoms with van der Waals surface area (Å²) in [5.74, 6) is -0.601. The average molecular weight is 346 g/mol. The van der Waals surface area contributed by atoms with Crippen LogP contribution < -0.4 is 0 Å². The highest BCUT2D eigenvalue weighted by molar-refractivity contribution is 5.83. The first kappa shape index (κ1) is 15.5. The van der Waals surface area contributed by atoms with Gasteiger partial charge in [0.1, 0.15) is 17.0 Å². The summed E-state index contributed by atoms with van der Waals surface area (Å²) >= 11 is 0. The van der Waals surface area contributed by atoms with Crippen molar-refractivity contribution in [2.24, 2.45) is 0 Å². The Labute approximate surface area is 138 Å². The van der Waals surface area contributed by atoms with Crippen LogP contribution in [0.2, 0.25) is 0 Å². The maximum absolute atomic E-state index is 14.4. The lowest BCUT2D eigenvalue weighted by Crippen LogP contribution is -2.09. The van der Waals surface area contributed by atoms with E-state index in [9.17, 15) is 17.6 Å². The van der Waals surface area contributed by atoms with Gasteiger partial charge in [-0.2, -0.15) is 13.2 Å². The number of fused-ring (bicyclic) bond motifs is 3. The van der Waals surface area contributed by atoms with Gasteiger partial charge in [-0.25, -0.2) is 9.37 Å². The smallest absolute Gasteiger partial charge is 0.258 e. The number of pyridine rings is 2. The number of hydrogen-bond acceptors (Lipinski definition) is 3. The van der Waals surface area contributed by atoms with Crippen LogP contribution in [0.5, 0.6) is 0 Å². The van der Waals surface area contributed by atoms with E-state index < -0.39 is 23.2 Å². The number of nitrogens with zero attached hydrogens (tertiary/aromatic N) is 4. The fourth-order valence-corrected chi connectivity index (χ4v) is 2.87. The monoisotopic (exact) mass is 346 g/mol. The fourth-order valence-electron chi connectivity index (χ4n) is 2.87. The van der Waals surface area contributed by atoms with E-state index in [1.807, 2.05) is 0 Å². The number of benzene rings is 1. The SMILES string of the molecule is Cc1cccc(F)c1-c1nnc2c(C(F)(F)F)cc3cccnc3n12. The van der Waals surface area contributed by atoms with E-state index in [2.05, 4.69) is 15.2 Å². The molecule has 0 aliphatic heterocycles. The minimum absolute atomic E-state index is 0.0135. The molecule has 4 aromatic rings. The number of alkyl halides is 3. The highest BCUT2D eigenvalue weighted by Crippen LogP contribution is 2.36. The minimum Gasteiger partial charge on any atom is -0.258 e. The second kappa shape index (κ2) is 5.23. The third-order valence-electron chi connectivity index (χ3n) is 3.98. The van der Waals surface area contributed by atoms with Crippen LogP contribution in [0.25, 0.3) is 28.1 Å². The second-order valence-corrected chi connectivity index (χ2v) is 5.59. The molecule has 0 N–H and O–H groups in total. The zero-order chi connectivity index (χ0) is 17.8. The summed E-state index contributed by atoms with van der Waals surface area (Å²) in [6.45, 7) is 1.66. The molecular weight excluding hydrogens is 336 g/mol. The lowest BCUT2D eigenvalue weighted by Gasteiger charge is -2.12. The molecule has 126 valence electrons. The van der Waals surface area contributed by atoms with Crippen LogP contribution in [0.15, 0.2) is 42.6 Å². The zero-order valence-electron chi connectivity index (χ0n) is 12.8. The van der Waals surface area contributed by atoms with Crippen molar-refractivity contribution >= 4 is 16.7 Å². The number of rotatable bonds is 1. The van der Waals surface area contributed by atoms with E-state index in [1.54, 1.807) is 13.0 Å². The van der Waals surface area contributed by atoms with Gasteiger partial charge in [0.05, 0.1) is 5.56 Å². The number of halogens is 4. The molecule has 0 radical (unpaired) electrons. The normalized spacial score (nSPS) is 12.2. The maximum Gasteiger partial charge on any atom is 0.420 e. The molecule has 0 bridgehead atoms. The molecule has 0 unspecified atom stereocenters. The molecule has 0 saturated carbocycles. The van der Waals surface area contributed by atoms with Crippen LogP contribution >= 0.6 is 0 Å².